The first kappa shape index (κ1) is 19.0. The number of rotatable bonds is 9. The summed E-state index contributed by atoms with van der Waals surface area (Å²) in [6.07, 6.45) is 0.539. The molecule has 0 radical (unpaired) electrons. The maximum absolute atomic E-state index is 12.7. The van der Waals surface area contributed by atoms with Gasteiger partial charge in [0.15, 0.2) is 0 Å². The van der Waals surface area contributed by atoms with Crippen LogP contribution in [-0.2, 0) is 27.3 Å². The Kier molecular flexibility index (Phi) is 7.47. The number of carbonyl (C=O) groups excluding carboxylic acids is 2. The third-order valence-electron chi connectivity index (χ3n) is 3.68. The van der Waals surface area contributed by atoms with Crippen molar-refractivity contribution in [2.24, 2.45) is 0 Å². The Labute approximate surface area is 152 Å². The second-order valence-electron chi connectivity index (χ2n) is 5.47. The van der Waals surface area contributed by atoms with Crippen LogP contribution >= 0.6 is 11.3 Å². The van der Waals surface area contributed by atoms with Crippen molar-refractivity contribution in [1.29, 1.82) is 0 Å². The fourth-order valence-electron chi connectivity index (χ4n) is 2.38. The molecule has 25 heavy (non-hydrogen) atoms. The van der Waals surface area contributed by atoms with Crippen molar-refractivity contribution in [2.45, 2.75) is 26.3 Å². The highest BCUT2D eigenvalue weighted by atomic mass is 32.1. The summed E-state index contributed by atoms with van der Waals surface area (Å²) >= 11 is 1.56. The highest BCUT2D eigenvalue weighted by Gasteiger charge is 2.17. The first-order chi connectivity index (χ1) is 12.1. The summed E-state index contributed by atoms with van der Waals surface area (Å²) in [6, 6.07) is 11.5. The smallest absolute Gasteiger partial charge is 0.307 e. The summed E-state index contributed by atoms with van der Waals surface area (Å²) in [5.74, 6) is 0.487. The number of thiophene rings is 1. The predicted octanol–water partition coefficient (Wildman–Crippen LogP) is 3.28. The minimum absolute atomic E-state index is 0.00238. The van der Waals surface area contributed by atoms with Crippen LogP contribution in [0.1, 0.15) is 23.8 Å². The molecule has 6 heteroatoms. The molecule has 134 valence electrons. The second kappa shape index (κ2) is 9.84. The normalized spacial score (nSPS) is 10.3. The van der Waals surface area contributed by atoms with E-state index in [1.54, 1.807) is 30.3 Å². The van der Waals surface area contributed by atoms with Gasteiger partial charge in [-0.2, -0.15) is 0 Å². The summed E-state index contributed by atoms with van der Waals surface area (Å²) < 4.78 is 10.1. The molecule has 1 heterocycles. The van der Waals surface area contributed by atoms with Gasteiger partial charge in [-0.25, -0.2) is 0 Å². The number of esters is 1. The van der Waals surface area contributed by atoms with Gasteiger partial charge in [-0.1, -0.05) is 18.2 Å². The molecular weight excluding hydrogens is 338 g/mol. The van der Waals surface area contributed by atoms with Crippen molar-refractivity contribution >= 4 is 23.2 Å². The lowest BCUT2D eigenvalue weighted by Gasteiger charge is -2.22. The number of nitrogens with zero attached hydrogens (tertiary/aromatic N) is 1. The van der Waals surface area contributed by atoms with E-state index in [9.17, 15) is 9.59 Å². The lowest BCUT2D eigenvalue weighted by atomic mass is 10.2. The van der Waals surface area contributed by atoms with Crippen LogP contribution in [0.2, 0.25) is 0 Å². The minimum Gasteiger partial charge on any atom is -0.497 e. The summed E-state index contributed by atoms with van der Waals surface area (Å²) in [7, 11) is 1.62. The average Bonchev–Trinajstić information content (AvgIpc) is 3.12. The molecule has 0 unspecified atom stereocenters. The molecule has 0 aliphatic rings. The number of amides is 1. The molecule has 0 spiro atoms. The van der Waals surface area contributed by atoms with E-state index < -0.39 is 0 Å². The molecule has 2 aromatic rings. The van der Waals surface area contributed by atoms with E-state index in [1.807, 2.05) is 41.8 Å². The van der Waals surface area contributed by atoms with Gasteiger partial charge >= 0.3 is 5.97 Å². The second-order valence-corrected chi connectivity index (χ2v) is 6.51. The molecule has 0 aliphatic heterocycles. The molecule has 1 aromatic heterocycles. The van der Waals surface area contributed by atoms with E-state index in [-0.39, 0.29) is 18.3 Å². The molecule has 1 aromatic carbocycles. The predicted molar refractivity (Wildman–Crippen MR) is 97.7 cm³/mol. The molecule has 0 saturated carbocycles. The summed E-state index contributed by atoms with van der Waals surface area (Å²) in [6.45, 7) is 2.91. The zero-order valence-corrected chi connectivity index (χ0v) is 15.4. The van der Waals surface area contributed by atoms with Crippen LogP contribution < -0.4 is 4.74 Å². The van der Waals surface area contributed by atoms with Crippen molar-refractivity contribution in [2.75, 3.05) is 20.3 Å². The largest absolute Gasteiger partial charge is 0.497 e. The van der Waals surface area contributed by atoms with Gasteiger partial charge in [-0.05, 0) is 36.1 Å². The van der Waals surface area contributed by atoms with E-state index in [0.29, 0.717) is 26.1 Å². The van der Waals surface area contributed by atoms with Crippen molar-refractivity contribution in [3.8, 4) is 5.75 Å². The minimum atomic E-state index is -0.286. The van der Waals surface area contributed by atoms with Gasteiger partial charge in [0.2, 0.25) is 5.91 Å². The van der Waals surface area contributed by atoms with Crippen LogP contribution in [0, 0.1) is 0 Å². The zero-order chi connectivity index (χ0) is 18.1. The van der Waals surface area contributed by atoms with Gasteiger partial charge in [-0.15, -0.1) is 11.3 Å². The first-order valence-electron chi connectivity index (χ1n) is 8.21. The SMILES string of the molecule is CCOC(=O)CCN(Cc1ccc(OC)cc1)C(=O)Cc1cccs1. The quantitative estimate of drug-likeness (QED) is 0.643. The molecular formula is C19H23NO4S. The third-order valence-corrected chi connectivity index (χ3v) is 4.56. The monoisotopic (exact) mass is 361 g/mol. The molecule has 1 amide bonds. The summed E-state index contributed by atoms with van der Waals surface area (Å²) in [5, 5.41) is 1.95. The zero-order valence-electron chi connectivity index (χ0n) is 14.6. The van der Waals surface area contributed by atoms with Gasteiger partial charge < -0.3 is 14.4 Å². The van der Waals surface area contributed by atoms with Crippen molar-refractivity contribution in [3.05, 3.63) is 52.2 Å². The molecule has 0 bridgehead atoms. The maximum Gasteiger partial charge on any atom is 0.307 e. The Hall–Kier alpha value is -2.34. The Morgan fingerprint density at radius 1 is 1.16 bits per heavy atom. The molecule has 0 atom stereocenters. The molecule has 0 fully saturated rings. The van der Waals surface area contributed by atoms with Crippen LogP contribution in [0.25, 0.3) is 0 Å². The fraction of sp³-hybridized carbons (Fsp3) is 0.368. The number of hydrogen-bond acceptors (Lipinski definition) is 5. The van der Waals surface area contributed by atoms with Gasteiger partial charge in [0.1, 0.15) is 5.75 Å². The van der Waals surface area contributed by atoms with Crippen molar-refractivity contribution < 1.29 is 19.1 Å². The van der Waals surface area contributed by atoms with Crippen LogP contribution in [0.5, 0.6) is 5.75 Å². The highest BCUT2D eigenvalue weighted by molar-refractivity contribution is 7.10. The maximum atomic E-state index is 12.7. The topological polar surface area (TPSA) is 55.8 Å². The van der Waals surface area contributed by atoms with E-state index in [4.69, 9.17) is 9.47 Å². The van der Waals surface area contributed by atoms with E-state index in [1.165, 1.54) is 0 Å². The van der Waals surface area contributed by atoms with Crippen LogP contribution in [-0.4, -0.2) is 37.0 Å². The van der Waals surface area contributed by atoms with Crippen molar-refractivity contribution in [1.82, 2.24) is 4.90 Å². The van der Waals surface area contributed by atoms with Crippen LogP contribution in [0.4, 0.5) is 0 Å². The van der Waals surface area contributed by atoms with Crippen LogP contribution in [0.3, 0.4) is 0 Å². The molecule has 0 aliphatic carbocycles. The number of ether oxygens (including phenoxy) is 2. The molecule has 5 nitrogen and oxygen atoms in total. The first-order valence-corrected chi connectivity index (χ1v) is 9.09. The van der Waals surface area contributed by atoms with E-state index in [0.717, 1.165) is 16.2 Å². The van der Waals surface area contributed by atoms with Gasteiger partial charge in [0.05, 0.1) is 26.6 Å². The van der Waals surface area contributed by atoms with Gasteiger partial charge in [0.25, 0.3) is 0 Å². The van der Waals surface area contributed by atoms with Crippen LogP contribution in [0.15, 0.2) is 41.8 Å². The Morgan fingerprint density at radius 2 is 1.92 bits per heavy atom. The average molecular weight is 361 g/mol. The number of carbonyl (C=O) groups is 2. The lowest BCUT2D eigenvalue weighted by Crippen LogP contribution is -2.33. The van der Waals surface area contributed by atoms with Gasteiger partial charge in [0, 0.05) is 18.0 Å². The Balaban J connectivity index is 2.03. The number of benzene rings is 1. The summed E-state index contributed by atoms with van der Waals surface area (Å²) in [4.78, 5) is 27.0. The Bertz CT molecular complexity index is 667. The number of hydrogen-bond donors (Lipinski definition) is 0. The molecule has 0 N–H and O–H groups in total. The lowest BCUT2D eigenvalue weighted by molar-refractivity contribution is -0.144. The fourth-order valence-corrected chi connectivity index (χ4v) is 3.07. The third kappa shape index (κ3) is 6.23. The van der Waals surface area contributed by atoms with E-state index in [2.05, 4.69) is 0 Å². The Morgan fingerprint density at radius 3 is 2.52 bits per heavy atom. The molecule has 2 rings (SSSR count). The standard InChI is InChI=1S/C19H23NO4S/c1-3-24-19(22)10-11-20(18(21)13-17-5-4-12-25-17)14-15-6-8-16(23-2)9-7-15/h4-9,12H,3,10-11,13-14H2,1-2H3. The summed E-state index contributed by atoms with van der Waals surface area (Å²) in [5.41, 5.74) is 0.990. The van der Waals surface area contributed by atoms with Crippen molar-refractivity contribution in [3.63, 3.8) is 0 Å². The number of methoxy groups -OCH3 is 1. The van der Waals surface area contributed by atoms with Gasteiger partial charge in [-0.3, -0.25) is 9.59 Å². The molecule has 0 saturated heterocycles. The highest BCUT2D eigenvalue weighted by Crippen LogP contribution is 2.16. The van der Waals surface area contributed by atoms with E-state index >= 15 is 0 Å².